The van der Waals surface area contributed by atoms with Crippen molar-refractivity contribution in [2.24, 2.45) is 0 Å². The summed E-state index contributed by atoms with van der Waals surface area (Å²) in [6.45, 7) is -0.310. The molecule has 3 rings (SSSR count). The highest BCUT2D eigenvalue weighted by atomic mass is 79.9. The van der Waals surface area contributed by atoms with E-state index >= 15 is 0 Å². The molecule has 1 fully saturated rings. The van der Waals surface area contributed by atoms with E-state index in [0.717, 1.165) is 17.3 Å². The first-order valence-electron chi connectivity index (χ1n) is 8.40. The van der Waals surface area contributed by atoms with Crippen molar-refractivity contribution in [3.05, 3.63) is 63.0 Å². The van der Waals surface area contributed by atoms with Crippen LogP contribution in [-0.4, -0.2) is 40.8 Å². The second kappa shape index (κ2) is 9.15. The predicted molar refractivity (Wildman–Crippen MR) is 112 cm³/mol. The quantitative estimate of drug-likeness (QED) is 0.598. The molecular formula is C20H16BrNO6S. The highest BCUT2D eigenvalue weighted by Crippen LogP contribution is 2.38. The van der Waals surface area contributed by atoms with Gasteiger partial charge in [-0.3, -0.25) is 14.5 Å². The standard InChI is InChI=1S/C20H16BrNO6S/c1-27-15-7-13(14(21)9-16(15)28-11-18(23)24)8-17-19(25)22(20(26)29-17)10-12-5-3-2-4-6-12/h2-9H,10-11H2,1H3,(H,23,24)/b17-8-. The van der Waals surface area contributed by atoms with E-state index in [-0.39, 0.29) is 28.3 Å². The summed E-state index contributed by atoms with van der Waals surface area (Å²) in [7, 11) is 1.42. The van der Waals surface area contributed by atoms with Crippen LogP contribution in [0.5, 0.6) is 11.5 Å². The van der Waals surface area contributed by atoms with Gasteiger partial charge < -0.3 is 14.6 Å². The van der Waals surface area contributed by atoms with Gasteiger partial charge in [0, 0.05) is 4.47 Å². The first-order chi connectivity index (χ1) is 13.9. The average Bonchev–Trinajstić information content (AvgIpc) is 2.96. The van der Waals surface area contributed by atoms with Crippen molar-refractivity contribution in [1.29, 1.82) is 0 Å². The minimum Gasteiger partial charge on any atom is -0.493 e. The van der Waals surface area contributed by atoms with Gasteiger partial charge in [-0.1, -0.05) is 46.3 Å². The Bertz CT molecular complexity index is 992. The first-order valence-corrected chi connectivity index (χ1v) is 10.0. The van der Waals surface area contributed by atoms with E-state index in [1.54, 1.807) is 18.2 Å². The Balaban J connectivity index is 1.85. The molecular weight excluding hydrogens is 462 g/mol. The van der Waals surface area contributed by atoms with Crippen LogP contribution in [0.1, 0.15) is 11.1 Å². The van der Waals surface area contributed by atoms with Gasteiger partial charge in [0.25, 0.3) is 11.1 Å². The van der Waals surface area contributed by atoms with Crippen LogP contribution < -0.4 is 9.47 Å². The Morgan fingerprint density at radius 2 is 1.93 bits per heavy atom. The van der Waals surface area contributed by atoms with E-state index in [0.29, 0.717) is 15.8 Å². The maximum Gasteiger partial charge on any atom is 0.341 e. The van der Waals surface area contributed by atoms with Crippen molar-refractivity contribution in [2.75, 3.05) is 13.7 Å². The number of amides is 2. The third-order valence-corrected chi connectivity index (χ3v) is 5.57. The summed E-state index contributed by atoms with van der Waals surface area (Å²) in [5.41, 5.74) is 1.45. The molecule has 0 aliphatic carbocycles. The average molecular weight is 478 g/mol. The summed E-state index contributed by atoms with van der Waals surface area (Å²) in [4.78, 5) is 37.2. The summed E-state index contributed by atoms with van der Waals surface area (Å²) in [5, 5.41) is 8.43. The summed E-state index contributed by atoms with van der Waals surface area (Å²) >= 11 is 4.25. The van der Waals surface area contributed by atoms with Gasteiger partial charge in [-0.25, -0.2) is 4.79 Å². The van der Waals surface area contributed by atoms with Crippen molar-refractivity contribution >= 4 is 50.9 Å². The zero-order valence-electron chi connectivity index (χ0n) is 15.3. The molecule has 1 N–H and O–H groups in total. The highest BCUT2D eigenvalue weighted by Gasteiger charge is 2.35. The molecule has 1 heterocycles. The van der Waals surface area contributed by atoms with Crippen molar-refractivity contribution in [2.45, 2.75) is 6.54 Å². The fraction of sp³-hybridized carbons (Fsp3) is 0.150. The van der Waals surface area contributed by atoms with Crippen LogP contribution in [0.3, 0.4) is 0 Å². The third kappa shape index (κ3) is 4.99. The number of hydrogen-bond donors (Lipinski definition) is 1. The summed E-state index contributed by atoms with van der Waals surface area (Å²) in [5.74, 6) is -0.930. The topological polar surface area (TPSA) is 93.1 Å². The molecule has 2 aromatic rings. The number of nitrogens with zero attached hydrogens (tertiary/aromatic N) is 1. The molecule has 0 radical (unpaired) electrons. The SMILES string of the molecule is COc1cc(/C=C2\SC(=O)N(Cc3ccccc3)C2=O)c(Br)cc1OCC(=O)O. The predicted octanol–water partition coefficient (Wildman–Crippen LogP) is 4.16. The van der Waals surface area contributed by atoms with Crippen LogP contribution >= 0.6 is 27.7 Å². The Labute approximate surface area is 179 Å². The van der Waals surface area contributed by atoms with Gasteiger partial charge in [0.2, 0.25) is 0 Å². The lowest BCUT2D eigenvalue weighted by Gasteiger charge is -2.12. The van der Waals surface area contributed by atoms with Crippen LogP contribution in [-0.2, 0) is 16.1 Å². The van der Waals surface area contributed by atoms with E-state index in [1.807, 2.05) is 30.3 Å². The van der Waals surface area contributed by atoms with Crippen molar-refractivity contribution in [3.63, 3.8) is 0 Å². The monoisotopic (exact) mass is 477 g/mol. The van der Waals surface area contributed by atoms with Crippen molar-refractivity contribution in [3.8, 4) is 11.5 Å². The number of thioether (sulfide) groups is 1. The maximum atomic E-state index is 12.7. The van der Waals surface area contributed by atoms with E-state index < -0.39 is 12.6 Å². The van der Waals surface area contributed by atoms with Gasteiger partial charge in [-0.15, -0.1) is 0 Å². The lowest BCUT2D eigenvalue weighted by Crippen LogP contribution is -2.27. The number of hydrogen-bond acceptors (Lipinski definition) is 6. The molecule has 0 aromatic heterocycles. The molecule has 0 spiro atoms. The number of imide groups is 1. The van der Waals surface area contributed by atoms with E-state index in [1.165, 1.54) is 12.0 Å². The van der Waals surface area contributed by atoms with Gasteiger partial charge in [0.05, 0.1) is 18.6 Å². The third-order valence-electron chi connectivity index (χ3n) is 3.98. The maximum absolute atomic E-state index is 12.7. The number of carboxylic acid groups (broad SMARTS) is 1. The molecule has 9 heteroatoms. The van der Waals surface area contributed by atoms with Gasteiger partial charge in [-0.2, -0.15) is 0 Å². The Morgan fingerprint density at radius 1 is 1.21 bits per heavy atom. The van der Waals surface area contributed by atoms with Crippen molar-refractivity contribution < 1.29 is 29.0 Å². The Kier molecular flexibility index (Phi) is 6.60. The van der Waals surface area contributed by atoms with Crippen LogP contribution in [0, 0.1) is 0 Å². The lowest BCUT2D eigenvalue weighted by molar-refractivity contribution is -0.139. The van der Waals surface area contributed by atoms with Crippen LogP contribution in [0.2, 0.25) is 0 Å². The molecule has 1 saturated heterocycles. The fourth-order valence-electron chi connectivity index (χ4n) is 2.62. The largest absolute Gasteiger partial charge is 0.493 e. The summed E-state index contributed by atoms with van der Waals surface area (Å²) < 4.78 is 11.0. The van der Waals surface area contributed by atoms with Crippen molar-refractivity contribution in [1.82, 2.24) is 4.90 Å². The highest BCUT2D eigenvalue weighted by molar-refractivity contribution is 9.10. The smallest absolute Gasteiger partial charge is 0.341 e. The molecule has 150 valence electrons. The number of ether oxygens (including phenoxy) is 2. The normalized spacial score (nSPS) is 15.1. The number of halogens is 1. The number of carbonyl (C=O) groups excluding carboxylic acids is 2. The molecule has 0 atom stereocenters. The minimum atomic E-state index is -1.11. The number of aliphatic carboxylic acids is 1. The van der Waals surface area contributed by atoms with Gasteiger partial charge in [0.15, 0.2) is 18.1 Å². The molecule has 0 saturated carbocycles. The molecule has 1 aliphatic heterocycles. The van der Waals surface area contributed by atoms with E-state index in [9.17, 15) is 14.4 Å². The van der Waals surface area contributed by atoms with Gasteiger partial charge in [-0.05, 0) is 41.1 Å². The molecule has 1 aliphatic rings. The lowest BCUT2D eigenvalue weighted by atomic mass is 10.1. The first kappa shape index (κ1) is 20.9. The molecule has 2 aromatic carbocycles. The fourth-order valence-corrected chi connectivity index (χ4v) is 3.88. The van der Waals surface area contributed by atoms with Gasteiger partial charge in [0.1, 0.15) is 0 Å². The molecule has 7 nitrogen and oxygen atoms in total. The molecule has 2 amide bonds. The summed E-state index contributed by atoms with van der Waals surface area (Å²) in [6.07, 6.45) is 1.59. The zero-order valence-corrected chi connectivity index (χ0v) is 17.7. The number of methoxy groups -OCH3 is 1. The second-order valence-electron chi connectivity index (χ2n) is 5.96. The number of benzene rings is 2. The molecule has 0 unspecified atom stereocenters. The number of carbonyl (C=O) groups is 3. The Hall–Kier alpha value is -2.78. The zero-order chi connectivity index (χ0) is 21.0. The van der Waals surface area contributed by atoms with E-state index in [4.69, 9.17) is 14.6 Å². The number of rotatable bonds is 7. The van der Waals surface area contributed by atoms with Gasteiger partial charge >= 0.3 is 5.97 Å². The van der Waals surface area contributed by atoms with Crippen LogP contribution in [0.4, 0.5) is 4.79 Å². The molecule has 29 heavy (non-hydrogen) atoms. The summed E-state index contributed by atoms with van der Waals surface area (Å²) in [6, 6.07) is 12.4. The number of carboxylic acids is 1. The Morgan fingerprint density at radius 3 is 2.59 bits per heavy atom. The molecule has 0 bridgehead atoms. The van der Waals surface area contributed by atoms with Crippen LogP contribution in [0.15, 0.2) is 51.8 Å². The van der Waals surface area contributed by atoms with E-state index in [2.05, 4.69) is 15.9 Å². The van der Waals surface area contributed by atoms with Crippen LogP contribution in [0.25, 0.3) is 6.08 Å². The minimum absolute atomic E-state index is 0.204. The second-order valence-corrected chi connectivity index (χ2v) is 7.81.